The van der Waals surface area contributed by atoms with Gasteiger partial charge >= 0.3 is 5.97 Å². The molecule has 96 heavy (non-hydrogen) atoms. The summed E-state index contributed by atoms with van der Waals surface area (Å²) in [4.78, 5) is 15.3. The highest BCUT2D eigenvalue weighted by Crippen LogP contribution is 2.77. The zero-order valence-corrected chi connectivity index (χ0v) is 55.5. The molecule has 11 rings (SSSR count). The Hall–Kier alpha value is -1.95. The summed E-state index contributed by atoms with van der Waals surface area (Å²) < 4.78 is 71.4. The Morgan fingerprint density at radius 3 is 1.73 bits per heavy atom. The summed E-state index contributed by atoms with van der Waals surface area (Å²) in [6.07, 6.45) is -40.8. The fraction of sp³-hybridized carbons (Fsp3) is 0.954. The highest BCUT2D eigenvalue weighted by atomic mass is 16.8. The van der Waals surface area contributed by atoms with E-state index in [-0.39, 0.29) is 48.2 Å². The molecule has 39 unspecified atom stereocenters. The van der Waals surface area contributed by atoms with E-state index in [4.69, 9.17) is 56.8 Å². The first kappa shape index (κ1) is 75.2. The zero-order valence-electron chi connectivity index (χ0n) is 55.5. The molecule has 31 nitrogen and oxygen atoms in total. The van der Waals surface area contributed by atoms with Gasteiger partial charge in [-0.3, -0.25) is 4.79 Å². The highest BCUT2D eigenvalue weighted by Gasteiger charge is 2.72. The van der Waals surface area contributed by atoms with Gasteiger partial charge in [0.2, 0.25) is 6.29 Å². The van der Waals surface area contributed by atoms with Crippen molar-refractivity contribution >= 4 is 5.97 Å². The fourth-order valence-corrected chi connectivity index (χ4v) is 19.3. The summed E-state index contributed by atoms with van der Waals surface area (Å²) in [6.45, 7) is 13.1. The number of carbonyl (C=O) groups is 1. The molecule has 4 saturated carbocycles. The summed E-state index contributed by atoms with van der Waals surface area (Å²) >= 11 is 0. The molecular weight excluding hydrogens is 1280 g/mol. The van der Waals surface area contributed by atoms with Crippen LogP contribution in [0.5, 0.6) is 0 Å². The van der Waals surface area contributed by atoms with E-state index in [0.29, 0.717) is 51.4 Å². The third kappa shape index (κ3) is 12.6. The number of allylic oxidation sites excluding steroid dienone is 2. The number of hydrogen-bond acceptors (Lipinski definition) is 31. The molecule has 0 bridgehead atoms. The van der Waals surface area contributed by atoms with Gasteiger partial charge in [0.25, 0.3) is 0 Å². The Labute approximate surface area is 556 Å². The van der Waals surface area contributed by atoms with Gasteiger partial charge in [-0.1, -0.05) is 53.2 Å². The van der Waals surface area contributed by atoms with Crippen molar-refractivity contribution < 1.29 is 154 Å². The second-order valence-corrected chi connectivity index (χ2v) is 30.8. The van der Waals surface area contributed by atoms with Crippen molar-refractivity contribution in [1.82, 2.24) is 0 Å². The van der Waals surface area contributed by atoms with Crippen LogP contribution in [-0.2, 0) is 61.6 Å². The van der Waals surface area contributed by atoms with E-state index in [0.717, 1.165) is 12.0 Å². The first-order valence-electron chi connectivity index (χ1n) is 34.3. The van der Waals surface area contributed by atoms with E-state index in [1.165, 1.54) is 13.8 Å². The van der Waals surface area contributed by atoms with Crippen LogP contribution >= 0.6 is 0 Å². The number of aliphatic hydroxyl groups excluding tert-OH is 18. The number of esters is 1. The standard InChI is InChI=1S/C65H106O31/c1-24(2)27-11-16-65(60(84)96-57-48(81)44(77)41(74)32(91-57)22-86-54-49(82)45(78)51(31(20-67)90-54)93-55-46(79)42(75)37(70)25(3)87-55)18-17-63(7)28(36(27)65)9-10-34-61(5)14-13-35(62(6,23-68)33(61)12-15-64(34,63)8)92-59-53(39(72)29(69)21-85-59)95-58-50(83)52(38(71)26(4)88-58)94-56-47(80)43(76)40(73)30(19-66)89-56/h9,24-27,29-59,66-83H,10-23H2,1-8H3. The van der Waals surface area contributed by atoms with Crippen LogP contribution in [0, 0.1) is 56.7 Å². The lowest BCUT2D eigenvalue weighted by Gasteiger charge is -2.71. The molecule has 5 aliphatic carbocycles. The first-order valence-corrected chi connectivity index (χ1v) is 34.3. The molecule has 0 spiro atoms. The number of carbonyl (C=O) groups excluding carboxylic acids is 1. The molecule has 0 radical (unpaired) electrons. The summed E-state index contributed by atoms with van der Waals surface area (Å²) in [7, 11) is 0. The van der Waals surface area contributed by atoms with Crippen molar-refractivity contribution in [2.75, 3.05) is 33.0 Å². The molecule has 18 N–H and O–H groups in total. The molecule has 0 amide bonds. The third-order valence-corrected chi connectivity index (χ3v) is 25.4. The van der Waals surface area contributed by atoms with Crippen molar-refractivity contribution in [2.45, 2.75) is 297 Å². The summed E-state index contributed by atoms with van der Waals surface area (Å²) in [5, 5.41) is 196. The van der Waals surface area contributed by atoms with Gasteiger partial charge < -0.3 is 149 Å². The quantitative estimate of drug-likeness (QED) is 0.0369. The van der Waals surface area contributed by atoms with E-state index in [1.54, 1.807) is 0 Å². The van der Waals surface area contributed by atoms with Crippen LogP contribution in [0.3, 0.4) is 0 Å². The normalized spacial score (nSPS) is 55.3. The topological polar surface area (TPSA) is 492 Å². The van der Waals surface area contributed by atoms with Crippen LogP contribution in [-0.4, -0.2) is 315 Å². The SMILES string of the molecule is CC(C)C1CCC2(C(=O)OC3OC(COC4OC(CO)C(OC5OC(C)C(O)C(O)C5O)C(O)C4O)C(O)C(O)C3O)CCC3(C)C(=CCC4C5(C)CCC(OC6OCC(O)C(O)C6OC6OC(C)C(O)C(OC7OC(CO)C(O)C(O)C7O)C6O)C(C)(CO)C5CCC43C)C12. The van der Waals surface area contributed by atoms with Crippen molar-refractivity contribution in [3.05, 3.63) is 11.6 Å². The second kappa shape index (κ2) is 28.6. The Morgan fingerprint density at radius 2 is 1.08 bits per heavy atom. The molecule has 0 aromatic heterocycles. The Balaban J connectivity index is 0.771. The average molecular weight is 1380 g/mol. The molecule has 6 heterocycles. The van der Waals surface area contributed by atoms with Crippen molar-refractivity contribution in [2.24, 2.45) is 56.7 Å². The lowest BCUT2D eigenvalue weighted by atomic mass is 9.34. The van der Waals surface area contributed by atoms with Gasteiger partial charge in [-0.25, -0.2) is 0 Å². The summed E-state index contributed by atoms with van der Waals surface area (Å²) in [5.74, 6) is -0.869. The van der Waals surface area contributed by atoms with Crippen LogP contribution in [0.2, 0.25) is 0 Å². The largest absolute Gasteiger partial charge is 0.432 e. The van der Waals surface area contributed by atoms with Gasteiger partial charge in [-0.15, -0.1) is 0 Å². The summed E-state index contributed by atoms with van der Waals surface area (Å²) in [5.41, 5.74) is -2.05. The minimum atomic E-state index is -1.92. The molecule has 6 aliphatic heterocycles. The first-order chi connectivity index (χ1) is 45.2. The molecule has 11 aliphatic rings. The molecule has 6 saturated heterocycles. The van der Waals surface area contributed by atoms with Crippen LogP contribution in [0.15, 0.2) is 11.6 Å². The molecule has 552 valence electrons. The van der Waals surface area contributed by atoms with Crippen molar-refractivity contribution in [3.8, 4) is 0 Å². The maximum Gasteiger partial charge on any atom is 0.315 e. The minimum absolute atomic E-state index is 0.0310. The van der Waals surface area contributed by atoms with E-state index in [9.17, 15) is 91.9 Å². The Bertz CT molecular complexity index is 2680. The van der Waals surface area contributed by atoms with E-state index < -0.39 is 232 Å². The number of rotatable bonds is 17. The molecule has 0 aromatic rings. The van der Waals surface area contributed by atoms with E-state index in [2.05, 4.69) is 40.7 Å². The van der Waals surface area contributed by atoms with E-state index in [1.807, 2.05) is 6.92 Å². The van der Waals surface area contributed by atoms with Gasteiger partial charge in [0, 0.05) is 5.41 Å². The average Bonchev–Trinajstić information content (AvgIpc) is 0.949. The third-order valence-electron chi connectivity index (χ3n) is 25.4. The molecular formula is C65H106O31. The number of ether oxygens (including phenoxy) is 12. The van der Waals surface area contributed by atoms with Crippen molar-refractivity contribution in [3.63, 3.8) is 0 Å². The van der Waals surface area contributed by atoms with Crippen LogP contribution in [0.4, 0.5) is 0 Å². The van der Waals surface area contributed by atoms with Gasteiger partial charge in [0.15, 0.2) is 31.5 Å². The molecule has 39 atom stereocenters. The predicted octanol–water partition coefficient (Wildman–Crippen LogP) is -4.86. The van der Waals surface area contributed by atoms with Crippen LogP contribution < -0.4 is 0 Å². The monoisotopic (exact) mass is 1380 g/mol. The Kier molecular flexibility index (Phi) is 22.4. The predicted molar refractivity (Wildman–Crippen MR) is 321 cm³/mol. The highest BCUT2D eigenvalue weighted by molar-refractivity contribution is 5.79. The summed E-state index contributed by atoms with van der Waals surface area (Å²) in [6, 6.07) is 0. The fourth-order valence-electron chi connectivity index (χ4n) is 19.3. The molecule has 10 fully saturated rings. The zero-order chi connectivity index (χ0) is 70.0. The smallest absolute Gasteiger partial charge is 0.315 e. The lowest BCUT2D eigenvalue weighted by Crippen LogP contribution is -2.67. The maximum atomic E-state index is 15.3. The minimum Gasteiger partial charge on any atom is -0.432 e. The maximum absolute atomic E-state index is 15.3. The number of fused-ring (bicyclic) bond motifs is 7. The van der Waals surface area contributed by atoms with Gasteiger partial charge in [0.05, 0.1) is 56.8 Å². The van der Waals surface area contributed by atoms with Crippen molar-refractivity contribution in [1.29, 1.82) is 0 Å². The van der Waals surface area contributed by atoms with Gasteiger partial charge in [-0.05, 0) is 117 Å². The molecule has 31 heteroatoms. The second-order valence-electron chi connectivity index (χ2n) is 30.8. The number of aliphatic hydroxyl groups is 18. The lowest BCUT2D eigenvalue weighted by molar-refractivity contribution is -0.383. The molecule has 0 aromatic carbocycles. The van der Waals surface area contributed by atoms with Gasteiger partial charge in [0.1, 0.15) is 128 Å². The van der Waals surface area contributed by atoms with E-state index >= 15 is 4.79 Å². The number of hydrogen-bond donors (Lipinski definition) is 18. The van der Waals surface area contributed by atoms with Crippen LogP contribution in [0.1, 0.15) is 113 Å². The Morgan fingerprint density at radius 1 is 0.521 bits per heavy atom. The van der Waals surface area contributed by atoms with Gasteiger partial charge in [-0.2, -0.15) is 0 Å². The van der Waals surface area contributed by atoms with Crippen LogP contribution in [0.25, 0.3) is 0 Å².